The summed E-state index contributed by atoms with van der Waals surface area (Å²) in [5.74, 6) is 1.01. The Hall–Kier alpha value is -3.44. The van der Waals surface area contributed by atoms with Crippen molar-refractivity contribution < 1.29 is 5.11 Å². The Balaban J connectivity index is 1.71. The zero-order valence-electron chi connectivity index (χ0n) is 17.6. The highest BCUT2D eigenvalue weighted by Gasteiger charge is 2.25. The molecule has 0 bridgehead atoms. The van der Waals surface area contributed by atoms with Crippen LogP contribution in [0.2, 0.25) is 5.02 Å². The highest BCUT2D eigenvalue weighted by Crippen LogP contribution is 2.32. The SMILES string of the molecule is [C-]#[N+]c1cnc2c(NC3CC3)nc(Nc3cc(C#N)cc(CNC(C)(C)CO)c3Cl)nn12. The van der Waals surface area contributed by atoms with E-state index >= 15 is 0 Å². The van der Waals surface area contributed by atoms with E-state index in [2.05, 4.69) is 41.9 Å². The molecule has 11 heteroatoms. The van der Waals surface area contributed by atoms with Crippen LogP contribution in [-0.2, 0) is 6.54 Å². The minimum atomic E-state index is -0.505. The van der Waals surface area contributed by atoms with Crippen molar-refractivity contribution in [2.24, 2.45) is 0 Å². The summed E-state index contributed by atoms with van der Waals surface area (Å²) in [7, 11) is 0. The van der Waals surface area contributed by atoms with Gasteiger partial charge in [-0.05, 0) is 44.4 Å². The van der Waals surface area contributed by atoms with E-state index in [-0.39, 0.29) is 18.4 Å². The monoisotopic (exact) mass is 451 g/mol. The number of hydrogen-bond donors (Lipinski definition) is 4. The fourth-order valence-electron chi connectivity index (χ4n) is 3.00. The number of imidazole rings is 1. The molecule has 3 aromatic rings. The molecule has 0 radical (unpaired) electrons. The molecular weight excluding hydrogens is 430 g/mol. The predicted molar refractivity (Wildman–Crippen MR) is 121 cm³/mol. The summed E-state index contributed by atoms with van der Waals surface area (Å²) in [5, 5.41) is 33.4. The van der Waals surface area contributed by atoms with Crippen molar-refractivity contribution in [2.75, 3.05) is 17.2 Å². The van der Waals surface area contributed by atoms with Gasteiger partial charge in [0.25, 0.3) is 17.4 Å². The molecule has 2 aromatic heterocycles. The molecule has 32 heavy (non-hydrogen) atoms. The summed E-state index contributed by atoms with van der Waals surface area (Å²) < 4.78 is 1.43. The van der Waals surface area contributed by atoms with E-state index in [0.29, 0.717) is 45.9 Å². The van der Waals surface area contributed by atoms with Crippen LogP contribution in [0.25, 0.3) is 10.5 Å². The molecule has 1 saturated carbocycles. The molecule has 1 fully saturated rings. The average molecular weight is 452 g/mol. The Labute approximate surface area is 190 Å². The van der Waals surface area contributed by atoms with Crippen molar-refractivity contribution in [2.45, 2.75) is 44.8 Å². The molecule has 1 aliphatic rings. The number of aromatic nitrogens is 4. The molecule has 0 saturated heterocycles. The first-order valence-electron chi connectivity index (χ1n) is 10.1. The van der Waals surface area contributed by atoms with Gasteiger partial charge >= 0.3 is 0 Å². The number of rotatable bonds is 8. The van der Waals surface area contributed by atoms with Gasteiger partial charge in [0.05, 0.1) is 35.1 Å². The van der Waals surface area contributed by atoms with Crippen molar-refractivity contribution in [1.29, 1.82) is 5.26 Å². The van der Waals surface area contributed by atoms with Crippen LogP contribution in [-0.4, -0.2) is 42.9 Å². The number of aliphatic hydroxyl groups is 1. The number of benzene rings is 1. The molecule has 0 amide bonds. The summed E-state index contributed by atoms with van der Waals surface area (Å²) in [5.41, 5.74) is 1.54. The van der Waals surface area contributed by atoms with Crippen LogP contribution in [0.1, 0.15) is 37.8 Å². The first-order chi connectivity index (χ1) is 15.3. The van der Waals surface area contributed by atoms with E-state index in [9.17, 15) is 10.4 Å². The predicted octanol–water partition coefficient (Wildman–Crippen LogP) is 3.38. The second-order valence-corrected chi connectivity index (χ2v) is 8.67. The van der Waals surface area contributed by atoms with E-state index in [1.807, 2.05) is 13.8 Å². The van der Waals surface area contributed by atoms with Gasteiger partial charge in [-0.1, -0.05) is 23.3 Å². The van der Waals surface area contributed by atoms with Crippen LogP contribution in [0.3, 0.4) is 0 Å². The van der Waals surface area contributed by atoms with Crippen molar-refractivity contribution >= 4 is 40.5 Å². The second-order valence-electron chi connectivity index (χ2n) is 8.30. The molecule has 0 aliphatic heterocycles. The highest BCUT2D eigenvalue weighted by molar-refractivity contribution is 6.34. The molecule has 2 heterocycles. The Morgan fingerprint density at radius 1 is 1.41 bits per heavy atom. The minimum Gasteiger partial charge on any atom is -0.394 e. The lowest BCUT2D eigenvalue weighted by Gasteiger charge is -2.24. The lowest BCUT2D eigenvalue weighted by Crippen LogP contribution is -2.42. The fraction of sp³-hybridized carbons (Fsp3) is 0.381. The summed E-state index contributed by atoms with van der Waals surface area (Å²) in [4.78, 5) is 12.3. The molecule has 0 unspecified atom stereocenters. The standard InChI is InChI=1S/C21H22ClN9O/c1-21(2,11-32)26-9-13-6-12(8-23)7-15(17(13)22)28-20-29-18(27-14-4-5-14)19-25-10-16(24-3)31(19)30-20/h6-7,10,14,26,32H,4-5,9,11H2,1-2H3,(H2,27,28,29,30). The molecule has 0 spiro atoms. The van der Waals surface area contributed by atoms with E-state index in [1.54, 1.807) is 12.1 Å². The van der Waals surface area contributed by atoms with Crippen LogP contribution in [0.4, 0.5) is 23.3 Å². The molecule has 1 aromatic carbocycles. The average Bonchev–Trinajstić information content (AvgIpc) is 3.50. The number of aliphatic hydroxyl groups excluding tert-OH is 1. The van der Waals surface area contributed by atoms with Crippen LogP contribution in [0.5, 0.6) is 0 Å². The third-order valence-corrected chi connectivity index (χ3v) is 5.50. The summed E-state index contributed by atoms with van der Waals surface area (Å²) >= 11 is 6.64. The number of nitrogens with zero attached hydrogens (tertiary/aromatic N) is 6. The van der Waals surface area contributed by atoms with Crippen molar-refractivity contribution in [3.8, 4) is 6.07 Å². The third kappa shape index (κ3) is 4.58. The number of anilines is 3. The zero-order valence-corrected chi connectivity index (χ0v) is 18.4. The largest absolute Gasteiger partial charge is 0.394 e. The normalized spacial score (nSPS) is 13.6. The van der Waals surface area contributed by atoms with Gasteiger partial charge in [0, 0.05) is 18.1 Å². The fourth-order valence-corrected chi connectivity index (χ4v) is 3.22. The quantitative estimate of drug-likeness (QED) is 0.384. The molecule has 4 N–H and O–H groups in total. The van der Waals surface area contributed by atoms with Gasteiger partial charge in [-0.2, -0.15) is 10.2 Å². The van der Waals surface area contributed by atoms with E-state index in [1.165, 1.54) is 10.7 Å². The summed E-state index contributed by atoms with van der Waals surface area (Å²) in [6.45, 7) is 11.4. The number of hydrogen-bond acceptors (Lipinski definition) is 8. The maximum absolute atomic E-state index is 9.48. The van der Waals surface area contributed by atoms with E-state index in [0.717, 1.165) is 12.8 Å². The smallest absolute Gasteiger partial charge is 0.275 e. The summed E-state index contributed by atoms with van der Waals surface area (Å²) in [6.07, 6.45) is 3.55. The maximum atomic E-state index is 9.48. The van der Waals surface area contributed by atoms with Gasteiger partial charge < -0.3 is 25.9 Å². The molecule has 164 valence electrons. The van der Waals surface area contributed by atoms with Crippen LogP contribution in [0.15, 0.2) is 18.3 Å². The number of nitriles is 1. The minimum absolute atomic E-state index is 0.0490. The Kier molecular flexibility index (Phi) is 5.85. The van der Waals surface area contributed by atoms with Gasteiger partial charge in [0.2, 0.25) is 0 Å². The molecule has 10 nitrogen and oxygen atoms in total. The third-order valence-electron chi connectivity index (χ3n) is 5.05. The molecule has 4 rings (SSSR count). The lowest BCUT2D eigenvalue weighted by molar-refractivity contribution is 0.187. The number of halogens is 1. The number of nitrogens with one attached hydrogen (secondary N) is 3. The molecule has 1 aliphatic carbocycles. The van der Waals surface area contributed by atoms with Gasteiger partial charge in [-0.25, -0.2) is 4.98 Å². The highest BCUT2D eigenvalue weighted by atomic mass is 35.5. The maximum Gasteiger partial charge on any atom is 0.275 e. The molecule has 0 atom stereocenters. The van der Waals surface area contributed by atoms with Crippen LogP contribution < -0.4 is 16.0 Å². The first kappa shape index (κ1) is 21.8. The Morgan fingerprint density at radius 3 is 2.84 bits per heavy atom. The van der Waals surface area contributed by atoms with Gasteiger partial charge in [0.1, 0.15) is 0 Å². The van der Waals surface area contributed by atoms with Gasteiger partial charge in [-0.15, -0.1) is 4.52 Å². The van der Waals surface area contributed by atoms with Crippen LogP contribution in [0, 0.1) is 17.9 Å². The lowest BCUT2D eigenvalue weighted by atomic mass is 10.1. The van der Waals surface area contributed by atoms with Crippen molar-refractivity contribution in [1.82, 2.24) is 24.9 Å². The van der Waals surface area contributed by atoms with Crippen molar-refractivity contribution in [3.63, 3.8) is 0 Å². The van der Waals surface area contributed by atoms with E-state index < -0.39 is 5.54 Å². The first-order valence-corrected chi connectivity index (χ1v) is 10.5. The second kappa shape index (κ2) is 8.60. The zero-order chi connectivity index (χ0) is 22.9. The van der Waals surface area contributed by atoms with Gasteiger partial charge in [-0.3, -0.25) is 0 Å². The van der Waals surface area contributed by atoms with E-state index in [4.69, 9.17) is 18.2 Å². The van der Waals surface area contributed by atoms with Crippen molar-refractivity contribution in [3.05, 3.63) is 45.9 Å². The Morgan fingerprint density at radius 2 is 2.19 bits per heavy atom. The van der Waals surface area contributed by atoms with Gasteiger partial charge in [0.15, 0.2) is 5.82 Å². The number of fused-ring (bicyclic) bond motifs is 1. The Bertz CT molecular complexity index is 1250. The topological polar surface area (TPSA) is 128 Å². The molecular formula is C21H22ClN9O. The summed E-state index contributed by atoms with van der Waals surface area (Å²) in [6, 6.07) is 5.78. The van der Waals surface area contributed by atoms with Crippen LogP contribution >= 0.6 is 11.6 Å².